The molecule has 0 aliphatic carbocycles. The van der Waals surface area contributed by atoms with Gasteiger partial charge in [-0.05, 0) is 42.5 Å². The number of amides is 1. The fourth-order valence-electron chi connectivity index (χ4n) is 3.74. The zero-order valence-corrected chi connectivity index (χ0v) is 17.8. The molecule has 0 atom stereocenters. The van der Waals surface area contributed by atoms with Gasteiger partial charge in [-0.3, -0.25) is 9.36 Å². The Labute approximate surface area is 175 Å². The number of carbonyl (C=O) groups excluding carboxylic acids is 1. The number of ether oxygens (including phenoxy) is 1. The third-order valence-electron chi connectivity index (χ3n) is 4.99. The van der Waals surface area contributed by atoms with Gasteiger partial charge in [0.1, 0.15) is 12.3 Å². The molecule has 1 aromatic heterocycles. The molecule has 7 nitrogen and oxygen atoms in total. The van der Waals surface area contributed by atoms with E-state index in [1.54, 1.807) is 0 Å². The van der Waals surface area contributed by atoms with E-state index in [1.807, 2.05) is 41.0 Å². The highest BCUT2D eigenvalue weighted by Crippen LogP contribution is 2.35. The van der Waals surface area contributed by atoms with Crippen LogP contribution in [0.3, 0.4) is 0 Å². The Morgan fingerprint density at radius 1 is 1.17 bits per heavy atom. The topological polar surface area (TPSA) is 115 Å². The molecule has 8 heteroatoms. The molecule has 3 rings (SSSR count). The highest BCUT2D eigenvalue weighted by molar-refractivity contribution is 7.51. The SMILES string of the molecule is CCc1c(Cc2ccccc2)c2ccc(OCCCP(=O)(O)O)cc2n1CC(N)=O. The minimum Gasteiger partial charge on any atom is -0.494 e. The molecule has 0 fully saturated rings. The molecule has 3 aromatic rings. The van der Waals surface area contributed by atoms with E-state index in [0.29, 0.717) is 5.75 Å². The average molecular weight is 430 g/mol. The predicted octanol–water partition coefficient (Wildman–Crippen LogP) is 3.23. The Bertz CT molecular complexity index is 1070. The molecule has 2 aromatic carbocycles. The number of hydrogen-bond acceptors (Lipinski definition) is 3. The van der Waals surface area contributed by atoms with Gasteiger partial charge in [-0.15, -0.1) is 0 Å². The van der Waals surface area contributed by atoms with Crippen LogP contribution < -0.4 is 10.5 Å². The van der Waals surface area contributed by atoms with Crippen molar-refractivity contribution in [2.24, 2.45) is 5.73 Å². The molecular weight excluding hydrogens is 403 g/mol. The molecule has 1 heterocycles. The first-order chi connectivity index (χ1) is 14.3. The third kappa shape index (κ3) is 5.51. The van der Waals surface area contributed by atoms with Crippen molar-refractivity contribution in [1.29, 1.82) is 0 Å². The van der Waals surface area contributed by atoms with Gasteiger partial charge >= 0.3 is 7.60 Å². The molecule has 0 aliphatic heterocycles. The highest BCUT2D eigenvalue weighted by Gasteiger charge is 2.18. The van der Waals surface area contributed by atoms with Gasteiger partial charge in [0, 0.05) is 17.1 Å². The standard InChI is InChI=1S/C22H27N2O5P/c1-2-20-19(13-16-7-4-3-5-8-16)18-10-9-17(29-11-6-12-30(26,27)28)14-21(18)24(20)15-22(23)25/h3-5,7-10,14H,2,6,11-13,15H2,1H3,(H2,23,25)(H2,26,27,28). The smallest absolute Gasteiger partial charge is 0.325 e. The van der Waals surface area contributed by atoms with Crippen LogP contribution in [0.2, 0.25) is 0 Å². The number of primary amides is 1. The van der Waals surface area contributed by atoms with E-state index in [-0.39, 0.29) is 25.7 Å². The van der Waals surface area contributed by atoms with Gasteiger partial charge < -0.3 is 24.8 Å². The molecule has 0 saturated heterocycles. The fourth-order valence-corrected chi connectivity index (χ4v) is 4.28. The lowest BCUT2D eigenvalue weighted by molar-refractivity contribution is -0.118. The van der Waals surface area contributed by atoms with Crippen LogP contribution in [0.15, 0.2) is 48.5 Å². The molecule has 30 heavy (non-hydrogen) atoms. The second-order valence-corrected chi connectivity index (χ2v) is 9.04. The number of fused-ring (bicyclic) bond motifs is 1. The van der Waals surface area contributed by atoms with Gasteiger partial charge in [-0.1, -0.05) is 37.3 Å². The first-order valence-corrected chi connectivity index (χ1v) is 11.7. The summed E-state index contributed by atoms with van der Waals surface area (Å²) in [7, 11) is -4.03. The number of nitrogens with two attached hydrogens (primary N) is 1. The monoisotopic (exact) mass is 430 g/mol. The molecule has 0 bridgehead atoms. The number of rotatable bonds is 10. The van der Waals surface area contributed by atoms with Crippen molar-refractivity contribution in [2.75, 3.05) is 12.8 Å². The summed E-state index contributed by atoms with van der Waals surface area (Å²) >= 11 is 0. The van der Waals surface area contributed by atoms with E-state index in [0.717, 1.165) is 35.0 Å². The summed E-state index contributed by atoms with van der Waals surface area (Å²) < 4.78 is 18.6. The molecular formula is C22H27N2O5P. The molecule has 160 valence electrons. The summed E-state index contributed by atoms with van der Waals surface area (Å²) in [5, 5.41) is 1.04. The van der Waals surface area contributed by atoms with E-state index in [1.165, 1.54) is 5.56 Å². The summed E-state index contributed by atoms with van der Waals surface area (Å²) in [6.45, 7) is 2.33. The predicted molar refractivity (Wildman–Crippen MR) is 117 cm³/mol. The van der Waals surface area contributed by atoms with Gasteiger partial charge in [0.25, 0.3) is 0 Å². The maximum atomic E-state index is 11.7. The second-order valence-electron chi connectivity index (χ2n) is 7.26. The number of nitrogens with zero attached hydrogens (tertiary/aromatic N) is 1. The van der Waals surface area contributed by atoms with Crippen LogP contribution in [0.4, 0.5) is 0 Å². The Balaban J connectivity index is 1.95. The Hall–Kier alpha value is -2.60. The molecule has 1 amide bonds. The normalized spacial score (nSPS) is 11.7. The van der Waals surface area contributed by atoms with E-state index < -0.39 is 13.5 Å². The second kappa shape index (κ2) is 9.47. The van der Waals surface area contributed by atoms with Crippen molar-refractivity contribution in [3.05, 3.63) is 65.4 Å². The van der Waals surface area contributed by atoms with Gasteiger partial charge in [0.05, 0.1) is 18.3 Å². The van der Waals surface area contributed by atoms with Gasteiger partial charge in [-0.25, -0.2) is 0 Å². The van der Waals surface area contributed by atoms with Gasteiger partial charge in [0.2, 0.25) is 5.91 Å². The summed E-state index contributed by atoms with van der Waals surface area (Å²) in [6, 6.07) is 15.8. The van der Waals surface area contributed by atoms with Crippen LogP contribution in [-0.4, -0.2) is 33.0 Å². The lowest BCUT2D eigenvalue weighted by Gasteiger charge is -2.10. The highest BCUT2D eigenvalue weighted by atomic mass is 31.2. The lowest BCUT2D eigenvalue weighted by Crippen LogP contribution is -2.20. The number of carbonyl (C=O) groups is 1. The molecule has 0 unspecified atom stereocenters. The minimum atomic E-state index is -4.03. The van der Waals surface area contributed by atoms with Crippen molar-refractivity contribution in [2.45, 2.75) is 32.7 Å². The fraction of sp³-hybridized carbons (Fsp3) is 0.318. The summed E-state index contributed by atoms with van der Waals surface area (Å²) in [6.07, 6.45) is 1.54. The average Bonchev–Trinajstić information content (AvgIpc) is 2.97. The maximum absolute atomic E-state index is 11.7. The lowest BCUT2D eigenvalue weighted by atomic mass is 10.0. The Morgan fingerprint density at radius 3 is 2.53 bits per heavy atom. The van der Waals surface area contributed by atoms with Crippen molar-refractivity contribution in [3.8, 4) is 5.75 Å². The van der Waals surface area contributed by atoms with Crippen LogP contribution in [0.5, 0.6) is 5.75 Å². The summed E-state index contributed by atoms with van der Waals surface area (Å²) in [5.74, 6) is 0.172. The largest absolute Gasteiger partial charge is 0.494 e. The van der Waals surface area contributed by atoms with Gasteiger partial charge in [0.15, 0.2) is 0 Å². The molecule has 4 N–H and O–H groups in total. The molecule has 0 radical (unpaired) electrons. The number of aromatic nitrogens is 1. The number of benzene rings is 2. The van der Waals surface area contributed by atoms with Crippen LogP contribution in [0.25, 0.3) is 10.9 Å². The van der Waals surface area contributed by atoms with E-state index >= 15 is 0 Å². The van der Waals surface area contributed by atoms with E-state index in [9.17, 15) is 9.36 Å². The first-order valence-electron chi connectivity index (χ1n) is 9.92. The summed E-state index contributed by atoms with van der Waals surface area (Å²) in [4.78, 5) is 29.7. The van der Waals surface area contributed by atoms with Gasteiger partial charge in [-0.2, -0.15) is 0 Å². The quantitative estimate of drug-likeness (QED) is 0.337. The minimum absolute atomic E-state index is 0.0795. The summed E-state index contributed by atoms with van der Waals surface area (Å²) in [5.41, 5.74) is 9.78. The molecule has 0 saturated carbocycles. The number of hydrogen-bond donors (Lipinski definition) is 3. The van der Waals surface area contributed by atoms with Crippen molar-refractivity contribution in [1.82, 2.24) is 4.57 Å². The van der Waals surface area contributed by atoms with Crippen LogP contribution in [0, 0.1) is 0 Å². The van der Waals surface area contributed by atoms with Crippen molar-refractivity contribution in [3.63, 3.8) is 0 Å². The molecule has 0 spiro atoms. The Morgan fingerprint density at radius 2 is 1.90 bits per heavy atom. The van der Waals surface area contributed by atoms with Crippen LogP contribution in [0.1, 0.15) is 30.2 Å². The zero-order chi connectivity index (χ0) is 21.7. The van der Waals surface area contributed by atoms with Crippen molar-refractivity contribution >= 4 is 24.4 Å². The maximum Gasteiger partial charge on any atom is 0.325 e. The zero-order valence-electron chi connectivity index (χ0n) is 17.0. The molecule has 0 aliphatic rings. The third-order valence-corrected chi connectivity index (χ3v) is 5.89. The van der Waals surface area contributed by atoms with Crippen LogP contribution >= 0.6 is 7.60 Å². The van der Waals surface area contributed by atoms with Crippen LogP contribution in [-0.2, 0) is 28.7 Å². The van der Waals surface area contributed by atoms with Crippen molar-refractivity contribution < 1.29 is 23.9 Å². The van der Waals surface area contributed by atoms with E-state index in [4.69, 9.17) is 20.3 Å². The van der Waals surface area contributed by atoms with E-state index in [2.05, 4.69) is 19.1 Å². The Kier molecular flexibility index (Phi) is 6.98. The first kappa shape index (κ1) is 22.1.